The van der Waals surface area contributed by atoms with Gasteiger partial charge in [0.2, 0.25) is 5.75 Å². The predicted molar refractivity (Wildman–Crippen MR) is 113 cm³/mol. The lowest BCUT2D eigenvalue weighted by Gasteiger charge is -2.16. The lowest BCUT2D eigenvalue weighted by atomic mass is 10.1. The summed E-state index contributed by atoms with van der Waals surface area (Å²) >= 11 is 0. The highest BCUT2D eigenvalue weighted by atomic mass is 19.3. The van der Waals surface area contributed by atoms with Gasteiger partial charge in [-0.3, -0.25) is 4.99 Å². The number of alkyl halides is 2. The van der Waals surface area contributed by atoms with Crippen LogP contribution >= 0.6 is 0 Å². The molecule has 31 heavy (non-hydrogen) atoms. The number of aliphatic imine (C=N–C) groups is 1. The smallest absolute Gasteiger partial charge is 0.387 e. The van der Waals surface area contributed by atoms with Crippen molar-refractivity contribution in [1.29, 1.82) is 0 Å². The first-order valence-corrected chi connectivity index (χ1v) is 9.30. The lowest BCUT2D eigenvalue weighted by Crippen LogP contribution is -2.36. The van der Waals surface area contributed by atoms with E-state index in [0.717, 1.165) is 5.56 Å². The summed E-state index contributed by atoms with van der Waals surface area (Å²) in [5, 5.41) is 6.30. The van der Waals surface area contributed by atoms with E-state index in [0.29, 0.717) is 41.9 Å². The second kappa shape index (κ2) is 11.7. The zero-order valence-electron chi connectivity index (χ0n) is 18.1. The molecule has 0 amide bonds. The van der Waals surface area contributed by atoms with Gasteiger partial charge in [0.05, 0.1) is 28.4 Å². The normalized spacial score (nSPS) is 11.2. The minimum atomic E-state index is -2.94. The van der Waals surface area contributed by atoms with Gasteiger partial charge >= 0.3 is 6.61 Å². The van der Waals surface area contributed by atoms with E-state index < -0.39 is 6.61 Å². The number of methoxy groups -OCH3 is 4. The Balaban J connectivity index is 2.04. The Labute approximate surface area is 180 Å². The molecule has 0 bridgehead atoms. The van der Waals surface area contributed by atoms with Crippen LogP contribution in [0.15, 0.2) is 35.3 Å². The van der Waals surface area contributed by atoms with Crippen molar-refractivity contribution in [3.8, 4) is 28.7 Å². The zero-order chi connectivity index (χ0) is 22.8. The van der Waals surface area contributed by atoms with Gasteiger partial charge in [-0.05, 0) is 35.4 Å². The first-order valence-electron chi connectivity index (χ1n) is 9.30. The number of hydrogen-bond donors (Lipinski definition) is 2. The van der Waals surface area contributed by atoms with E-state index in [4.69, 9.17) is 18.9 Å². The molecule has 10 heteroatoms. The Hall–Kier alpha value is -3.43. The highest BCUT2D eigenvalue weighted by molar-refractivity contribution is 5.79. The topological polar surface area (TPSA) is 82.6 Å². The van der Waals surface area contributed by atoms with Crippen molar-refractivity contribution in [1.82, 2.24) is 10.6 Å². The summed E-state index contributed by atoms with van der Waals surface area (Å²) in [7, 11) is 7.66. The summed E-state index contributed by atoms with van der Waals surface area (Å²) in [6.07, 6.45) is 0. The lowest BCUT2D eigenvalue weighted by molar-refractivity contribution is -0.0512. The average Bonchev–Trinajstić information content (AvgIpc) is 2.78. The van der Waals surface area contributed by atoms with Crippen LogP contribution in [0.25, 0.3) is 0 Å². The molecule has 2 N–H and O–H groups in total. The molecule has 0 fully saturated rings. The molecule has 0 atom stereocenters. The van der Waals surface area contributed by atoms with Crippen LogP contribution in [-0.4, -0.2) is 48.1 Å². The second-order valence-electron chi connectivity index (χ2n) is 6.18. The first-order chi connectivity index (χ1) is 14.9. The van der Waals surface area contributed by atoms with Crippen LogP contribution in [0.5, 0.6) is 28.7 Å². The molecule has 0 aliphatic carbocycles. The SMILES string of the molecule is CN=C(NCc1ccc(OC)c(OC(F)F)c1)NCc1cc(OC)c(OC)c(OC)c1. The summed E-state index contributed by atoms with van der Waals surface area (Å²) < 4.78 is 50.8. The molecular weight excluding hydrogens is 412 g/mol. The van der Waals surface area contributed by atoms with E-state index >= 15 is 0 Å². The predicted octanol–water partition coefficient (Wildman–Crippen LogP) is 3.19. The quantitative estimate of drug-likeness (QED) is 0.435. The van der Waals surface area contributed by atoms with Crippen molar-refractivity contribution < 1.29 is 32.5 Å². The van der Waals surface area contributed by atoms with Crippen LogP contribution in [-0.2, 0) is 13.1 Å². The van der Waals surface area contributed by atoms with E-state index in [1.165, 1.54) is 13.2 Å². The maximum atomic E-state index is 12.6. The van der Waals surface area contributed by atoms with Crippen molar-refractivity contribution in [2.45, 2.75) is 19.7 Å². The Morgan fingerprint density at radius 2 is 1.35 bits per heavy atom. The van der Waals surface area contributed by atoms with Gasteiger partial charge in [0.1, 0.15) is 0 Å². The highest BCUT2D eigenvalue weighted by Gasteiger charge is 2.14. The van der Waals surface area contributed by atoms with E-state index in [1.807, 2.05) is 12.1 Å². The number of hydrogen-bond acceptors (Lipinski definition) is 6. The summed E-state index contributed by atoms with van der Waals surface area (Å²) in [4.78, 5) is 4.17. The van der Waals surface area contributed by atoms with Gasteiger partial charge in [-0.1, -0.05) is 6.07 Å². The van der Waals surface area contributed by atoms with Gasteiger partial charge < -0.3 is 34.3 Å². The molecule has 0 aliphatic heterocycles. The van der Waals surface area contributed by atoms with Crippen molar-refractivity contribution in [3.63, 3.8) is 0 Å². The molecule has 0 unspecified atom stereocenters. The van der Waals surface area contributed by atoms with E-state index in [-0.39, 0.29) is 11.5 Å². The Morgan fingerprint density at radius 1 is 0.806 bits per heavy atom. The number of guanidine groups is 1. The number of benzene rings is 2. The number of halogens is 2. The molecule has 0 saturated carbocycles. The largest absolute Gasteiger partial charge is 0.493 e. The molecule has 0 radical (unpaired) electrons. The third kappa shape index (κ3) is 6.53. The van der Waals surface area contributed by atoms with Crippen LogP contribution in [0.2, 0.25) is 0 Å². The summed E-state index contributed by atoms with van der Waals surface area (Å²) in [5.41, 5.74) is 1.60. The maximum Gasteiger partial charge on any atom is 0.387 e. The minimum absolute atomic E-state index is 0.0304. The maximum absolute atomic E-state index is 12.6. The molecule has 2 rings (SSSR count). The van der Waals surface area contributed by atoms with Gasteiger partial charge in [0.15, 0.2) is 29.0 Å². The molecule has 2 aromatic carbocycles. The Bertz CT molecular complexity index is 868. The average molecular weight is 439 g/mol. The molecular formula is C21H27F2N3O5. The fraction of sp³-hybridized carbons (Fsp3) is 0.381. The molecule has 2 aromatic rings. The van der Waals surface area contributed by atoms with E-state index in [1.54, 1.807) is 40.5 Å². The van der Waals surface area contributed by atoms with Crippen molar-refractivity contribution >= 4 is 5.96 Å². The molecule has 0 spiro atoms. The van der Waals surface area contributed by atoms with Gasteiger partial charge in [-0.25, -0.2) is 0 Å². The third-order valence-electron chi connectivity index (χ3n) is 4.31. The number of ether oxygens (including phenoxy) is 5. The van der Waals surface area contributed by atoms with Gasteiger partial charge in [-0.2, -0.15) is 8.78 Å². The highest BCUT2D eigenvalue weighted by Crippen LogP contribution is 2.38. The fourth-order valence-electron chi connectivity index (χ4n) is 2.85. The molecule has 8 nitrogen and oxygen atoms in total. The molecule has 0 aliphatic rings. The molecule has 0 aromatic heterocycles. The van der Waals surface area contributed by atoms with Gasteiger partial charge in [0, 0.05) is 20.1 Å². The second-order valence-corrected chi connectivity index (χ2v) is 6.18. The molecule has 0 saturated heterocycles. The minimum Gasteiger partial charge on any atom is -0.493 e. The van der Waals surface area contributed by atoms with Crippen molar-refractivity contribution in [3.05, 3.63) is 41.5 Å². The Kier molecular flexibility index (Phi) is 8.98. The van der Waals surface area contributed by atoms with Crippen molar-refractivity contribution in [2.75, 3.05) is 35.5 Å². The number of nitrogens with one attached hydrogen (secondary N) is 2. The van der Waals surface area contributed by atoms with Crippen molar-refractivity contribution in [2.24, 2.45) is 4.99 Å². The third-order valence-corrected chi connectivity index (χ3v) is 4.31. The number of nitrogens with zero attached hydrogens (tertiary/aromatic N) is 1. The monoisotopic (exact) mass is 439 g/mol. The van der Waals surface area contributed by atoms with Gasteiger partial charge in [-0.15, -0.1) is 0 Å². The molecule has 170 valence electrons. The summed E-state index contributed by atoms with van der Waals surface area (Å²) in [6.45, 7) is -2.18. The van der Waals surface area contributed by atoms with Crippen LogP contribution < -0.4 is 34.3 Å². The van der Waals surface area contributed by atoms with Gasteiger partial charge in [0.25, 0.3) is 0 Å². The molecule has 0 heterocycles. The van der Waals surface area contributed by atoms with Crippen LogP contribution in [0.3, 0.4) is 0 Å². The standard InChI is InChI=1S/C21H27F2N3O5/c1-24-21(25-11-13-6-7-15(27-2)16(8-13)31-20(22)23)26-12-14-9-17(28-3)19(30-5)18(10-14)29-4/h6-10,20H,11-12H2,1-5H3,(H2,24,25,26). The number of rotatable bonds is 10. The van der Waals surface area contributed by atoms with Crippen LogP contribution in [0.1, 0.15) is 11.1 Å². The van der Waals surface area contributed by atoms with E-state index in [2.05, 4.69) is 20.4 Å². The summed E-state index contributed by atoms with van der Waals surface area (Å²) in [6, 6.07) is 8.47. The van der Waals surface area contributed by atoms with Crippen LogP contribution in [0.4, 0.5) is 8.78 Å². The van der Waals surface area contributed by atoms with Crippen LogP contribution in [0, 0.1) is 0 Å². The first kappa shape index (κ1) is 23.8. The zero-order valence-corrected chi connectivity index (χ0v) is 18.1. The van der Waals surface area contributed by atoms with E-state index in [9.17, 15) is 8.78 Å². The fourth-order valence-corrected chi connectivity index (χ4v) is 2.85. The summed E-state index contributed by atoms with van der Waals surface area (Å²) in [5.74, 6) is 2.32. The Morgan fingerprint density at radius 3 is 1.84 bits per heavy atom.